The number of aliphatic hydroxyl groups is 1. The molecule has 1 saturated heterocycles. The normalized spacial score (nSPS) is 17.8. The van der Waals surface area contributed by atoms with Crippen LogP contribution >= 0.6 is 11.8 Å². The van der Waals surface area contributed by atoms with E-state index in [4.69, 9.17) is 4.74 Å². The minimum Gasteiger partial charge on any atom is -0.475 e. The van der Waals surface area contributed by atoms with E-state index in [1.165, 1.54) is 12.1 Å². The Morgan fingerprint density at radius 2 is 1.92 bits per heavy atom. The average molecular weight is 376 g/mol. The van der Waals surface area contributed by atoms with Crippen molar-refractivity contribution in [1.82, 2.24) is 10.3 Å². The molecule has 1 aliphatic rings. The standard InChI is InChI=1S/C18H17FN2O4S/c19-13-4-1-11(2-5-13)7-14(22)10-25-16-6-3-12(9-20-16)8-15-17(23)21-18(24)26-15/h1-6,9,14-15,22H,7-8,10H2,(H,21,23,24). The van der Waals surface area contributed by atoms with E-state index in [0.717, 1.165) is 22.9 Å². The smallest absolute Gasteiger partial charge is 0.286 e. The molecule has 0 radical (unpaired) electrons. The van der Waals surface area contributed by atoms with E-state index in [2.05, 4.69) is 10.3 Å². The summed E-state index contributed by atoms with van der Waals surface area (Å²) in [5.41, 5.74) is 1.62. The van der Waals surface area contributed by atoms with E-state index in [-0.39, 0.29) is 23.6 Å². The molecule has 3 rings (SSSR count). The summed E-state index contributed by atoms with van der Waals surface area (Å²) in [4.78, 5) is 26.9. The van der Waals surface area contributed by atoms with Crippen LogP contribution in [-0.4, -0.2) is 39.2 Å². The second-order valence-corrected chi connectivity index (χ2v) is 7.06. The lowest BCUT2D eigenvalue weighted by Gasteiger charge is -2.12. The van der Waals surface area contributed by atoms with E-state index in [9.17, 15) is 19.1 Å². The first-order valence-corrected chi connectivity index (χ1v) is 8.89. The van der Waals surface area contributed by atoms with Gasteiger partial charge in [0.25, 0.3) is 5.24 Å². The monoisotopic (exact) mass is 376 g/mol. The quantitative estimate of drug-likeness (QED) is 0.769. The van der Waals surface area contributed by atoms with Gasteiger partial charge in [0, 0.05) is 18.7 Å². The molecule has 2 amide bonds. The summed E-state index contributed by atoms with van der Waals surface area (Å²) in [6, 6.07) is 9.35. The van der Waals surface area contributed by atoms with Gasteiger partial charge in [0.2, 0.25) is 11.8 Å². The summed E-state index contributed by atoms with van der Waals surface area (Å²) in [5.74, 6) is -0.252. The third-order valence-corrected chi connectivity index (χ3v) is 4.78. The fraction of sp³-hybridized carbons (Fsp3) is 0.278. The van der Waals surface area contributed by atoms with Gasteiger partial charge in [-0.3, -0.25) is 14.9 Å². The van der Waals surface area contributed by atoms with E-state index in [0.29, 0.717) is 18.7 Å². The second-order valence-electron chi connectivity index (χ2n) is 5.89. The van der Waals surface area contributed by atoms with Crippen LogP contribution < -0.4 is 10.1 Å². The predicted octanol–water partition coefficient (Wildman–Crippen LogP) is 2.10. The third-order valence-electron chi connectivity index (χ3n) is 3.79. The molecule has 1 fully saturated rings. The number of benzene rings is 1. The first-order valence-electron chi connectivity index (χ1n) is 8.01. The summed E-state index contributed by atoms with van der Waals surface area (Å²) in [7, 11) is 0. The van der Waals surface area contributed by atoms with Crippen LogP contribution in [-0.2, 0) is 17.6 Å². The number of nitrogens with zero attached hydrogens (tertiary/aromatic N) is 1. The van der Waals surface area contributed by atoms with Crippen LogP contribution in [0.3, 0.4) is 0 Å². The number of imide groups is 1. The maximum Gasteiger partial charge on any atom is 0.286 e. The number of hydrogen-bond donors (Lipinski definition) is 2. The number of carbonyl (C=O) groups excluding carboxylic acids is 2. The minimum absolute atomic E-state index is 0.0547. The second kappa shape index (κ2) is 8.29. The van der Waals surface area contributed by atoms with Crippen molar-refractivity contribution < 1.29 is 23.8 Å². The molecule has 6 nitrogen and oxygen atoms in total. The van der Waals surface area contributed by atoms with Crippen LogP contribution in [0.4, 0.5) is 9.18 Å². The highest BCUT2D eigenvalue weighted by molar-refractivity contribution is 8.15. The molecule has 2 aromatic rings. The Bertz CT molecular complexity index is 783. The lowest BCUT2D eigenvalue weighted by molar-refractivity contribution is -0.118. The van der Waals surface area contributed by atoms with Gasteiger partial charge >= 0.3 is 0 Å². The summed E-state index contributed by atoms with van der Waals surface area (Å²) >= 11 is 0.973. The number of nitrogens with one attached hydrogen (secondary N) is 1. The van der Waals surface area contributed by atoms with Crippen molar-refractivity contribution in [3.05, 3.63) is 59.5 Å². The van der Waals surface area contributed by atoms with Gasteiger partial charge in [-0.05, 0) is 29.7 Å². The Morgan fingerprint density at radius 1 is 1.19 bits per heavy atom. The molecule has 1 aromatic carbocycles. The predicted molar refractivity (Wildman–Crippen MR) is 94.5 cm³/mol. The Kier molecular flexibility index (Phi) is 5.85. The molecule has 0 saturated carbocycles. The Labute approximate surface area is 153 Å². The van der Waals surface area contributed by atoms with Gasteiger partial charge in [-0.25, -0.2) is 9.37 Å². The lowest BCUT2D eigenvalue weighted by Crippen LogP contribution is -2.25. The SMILES string of the molecule is O=C1NC(=O)C(Cc2ccc(OCC(O)Cc3ccc(F)cc3)nc2)S1. The number of pyridine rings is 1. The largest absolute Gasteiger partial charge is 0.475 e. The van der Waals surface area contributed by atoms with Crippen LogP contribution in [0.5, 0.6) is 5.88 Å². The molecule has 136 valence electrons. The highest BCUT2D eigenvalue weighted by Crippen LogP contribution is 2.23. The number of aliphatic hydroxyl groups excluding tert-OH is 1. The van der Waals surface area contributed by atoms with Crippen LogP contribution in [0.15, 0.2) is 42.6 Å². The highest BCUT2D eigenvalue weighted by atomic mass is 32.2. The maximum absolute atomic E-state index is 12.9. The van der Waals surface area contributed by atoms with Crippen LogP contribution in [0.1, 0.15) is 11.1 Å². The number of rotatable bonds is 7. The Hall–Kier alpha value is -2.45. The number of carbonyl (C=O) groups is 2. The zero-order valence-corrected chi connectivity index (χ0v) is 14.5. The number of aromatic nitrogens is 1. The van der Waals surface area contributed by atoms with E-state index >= 15 is 0 Å². The van der Waals surface area contributed by atoms with Gasteiger partial charge in [-0.1, -0.05) is 30.0 Å². The molecular weight excluding hydrogens is 359 g/mol. The highest BCUT2D eigenvalue weighted by Gasteiger charge is 2.31. The van der Waals surface area contributed by atoms with Crippen molar-refractivity contribution in [2.45, 2.75) is 24.2 Å². The summed E-state index contributed by atoms with van der Waals surface area (Å²) < 4.78 is 18.3. The van der Waals surface area contributed by atoms with Crippen LogP contribution in [0.25, 0.3) is 0 Å². The number of thioether (sulfide) groups is 1. The molecule has 26 heavy (non-hydrogen) atoms. The van der Waals surface area contributed by atoms with Gasteiger partial charge in [-0.2, -0.15) is 0 Å². The average Bonchev–Trinajstić information content (AvgIpc) is 2.93. The molecule has 1 aliphatic heterocycles. The summed E-state index contributed by atoms with van der Waals surface area (Å²) in [6.07, 6.45) is 1.59. The van der Waals surface area contributed by atoms with Crippen LogP contribution in [0.2, 0.25) is 0 Å². The zero-order chi connectivity index (χ0) is 18.5. The molecule has 2 atom stereocenters. The molecule has 2 N–H and O–H groups in total. The third kappa shape index (κ3) is 5.03. The minimum atomic E-state index is -0.744. The van der Waals surface area contributed by atoms with Crippen molar-refractivity contribution in [3.8, 4) is 5.88 Å². The molecule has 2 unspecified atom stereocenters. The molecular formula is C18H17FN2O4S. The Balaban J connectivity index is 1.47. The van der Waals surface area contributed by atoms with Crippen LogP contribution in [0, 0.1) is 5.82 Å². The van der Waals surface area contributed by atoms with Gasteiger partial charge in [-0.15, -0.1) is 0 Å². The number of amides is 2. The van der Waals surface area contributed by atoms with Crippen molar-refractivity contribution in [2.24, 2.45) is 0 Å². The zero-order valence-electron chi connectivity index (χ0n) is 13.7. The fourth-order valence-electron chi connectivity index (χ4n) is 2.49. The molecule has 0 aliphatic carbocycles. The van der Waals surface area contributed by atoms with Crippen molar-refractivity contribution >= 4 is 22.9 Å². The van der Waals surface area contributed by atoms with E-state index < -0.39 is 11.4 Å². The van der Waals surface area contributed by atoms with Crippen molar-refractivity contribution in [1.29, 1.82) is 0 Å². The summed E-state index contributed by atoms with van der Waals surface area (Å²) in [6.45, 7) is 0.0547. The van der Waals surface area contributed by atoms with Gasteiger partial charge in [0.15, 0.2) is 0 Å². The molecule has 0 spiro atoms. The van der Waals surface area contributed by atoms with Crippen molar-refractivity contribution in [2.75, 3.05) is 6.61 Å². The molecule has 1 aromatic heterocycles. The van der Waals surface area contributed by atoms with E-state index in [1.54, 1.807) is 30.5 Å². The Morgan fingerprint density at radius 3 is 2.54 bits per heavy atom. The maximum atomic E-state index is 12.9. The van der Waals surface area contributed by atoms with Gasteiger partial charge in [0.05, 0.1) is 11.4 Å². The van der Waals surface area contributed by atoms with Crippen molar-refractivity contribution in [3.63, 3.8) is 0 Å². The topological polar surface area (TPSA) is 88.5 Å². The van der Waals surface area contributed by atoms with Gasteiger partial charge in [0.1, 0.15) is 12.4 Å². The van der Waals surface area contributed by atoms with Gasteiger partial charge < -0.3 is 9.84 Å². The number of ether oxygens (including phenoxy) is 1. The summed E-state index contributed by atoms with van der Waals surface area (Å²) in [5, 5.41) is 11.5. The molecule has 8 heteroatoms. The first-order chi connectivity index (χ1) is 12.5. The van der Waals surface area contributed by atoms with E-state index in [1.807, 2.05) is 0 Å². The number of hydrogen-bond acceptors (Lipinski definition) is 6. The molecule has 0 bridgehead atoms. The number of halogens is 1. The fourth-order valence-corrected chi connectivity index (χ4v) is 3.35. The lowest BCUT2D eigenvalue weighted by atomic mass is 10.1. The first kappa shape index (κ1) is 18.3. The molecule has 2 heterocycles.